The number of nitrogens with one attached hydrogen (secondary N) is 2. The predicted molar refractivity (Wildman–Crippen MR) is 151 cm³/mol. The quantitative estimate of drug-likeness (QED) is 0.295. The third-order valence-corrected chi connectivity index (χ3v) is 5.89. The number of aromatic nitrogens is 3. The Kier molecular flexibility index (Phi) is 10.4. The molecule has 11 nitrogen and oxygen atoms in total. The standard InChI is InChI=1S/C27H37ClN6O5/c1-7-37-22(35)16-38-21-13-19(9-10-20(21)28)32-25-23-18(14-29-24(23)30-17-31-25)15-33(5)11-8-12-34(6)26(36)39-27(2,3)4/h9-10,13-14,17H,7-8,11-12,15-16H2,1-6H3,(H2,29,30,31,32). The summed E-state index contributed by atoms with van der Waals surface area (Å²) in [6.45, 7) is 9.33. The minimum Gasteiger partial charge on any atom is -0.480 e. The summed E-state index contributed by atoms with van der Waals surface area (Å²) in [5.74, 6) is 0.500. The van der Waals surface area contributed by atoms with Gasteiger partial charge >= 0.3 is 12.1 Å². The molecule has 39 heavy (non-hydrogen) atoms. The fourth-order valence-electron chi connectivity index (χ4n) is 3.79. The van der Waals surface area contributed by atoms with Gasteiger partial charge in [0.1, 0.15) is 29.1 Å². The second-order valence-electron chi connectivity index (χ2n) is 10.1. The number of H-pyrrole nitrogens is 1. The van der Waals surface area contributed by atoms with Crippen LogP contribution in [-0.2, 0) is 20.8 Å². The van der Waals surface area contributed by atoms with Crippen molar-refractivity contribution in [3.63, 3.8) is 0 Å². The van der Waals surface area contributed by atoms with Crippen LogP contribution in [0.1, 0.15) is 39.7 Å². The Morgan fingerprint density at radius 1 is 1.15 bits per heavy atom. The number of rotatable bonds is 12. The van der Waals surface area contributed by atoms with Crippen molar-refractivity contribution < 1.29 is 23.8 Å². The van der Waals surface area contributed by atoms with E-state index in [1.54, 1.807) is 37.1 Å². The molecule has 0 aliphatic heterocycles. The Hall–Kier alpha value is -3.57. The maximum absolute atomic E-state index is 12.2. The molecule has 2 heterocycles. The number of nitrogens with zero attached hydrogens (tertiary/aromatic N) is 4. The highest BCUT2D eigenvalue weighted by Crippen LogP contribution is 2.32. The normalized spacial score (nSPS) is 11.5. The zero-order chi connectivity index (χ0) is 28.6. The fourth-order valence-corrected chi connectivity index (χ4v) is 3.96. The van der Waals surface area contributed by atoms with Crippen LogP contribution >= 0.6 is 11.6 Å². The third-order valence-electron chi connectivity index (χ3n) is 5.58. The number of esters is 1. The molecule has 0 fully saturated rings. The van der Waals surface area contributed by atoms with E-state index >= 15 is 0 Å². The average molecular weight is 561 g/mol. The summed E-state index contributed by atoms with van der Waals surface area (Å²) < 4.78 is 15.9. The van der Waals surface area contributed by atoms with Crippen LogP contribution in [-0.4, -0.2) is 82.8 Å². The van der Waals surface area contributed by atoms with E-state index < -0.39 is 11.6 Å². The number of aromatic amines is 1. The van der Waals surface area contributed by atoms with Crippen LogP contribution in [0.15, 0.2) is 30.7 Å². The average Bonchev–Trinajstić information content (AvgIpc) is 3.27. The van der Waals surface area contributed by atoms with Crippen molar-refractivity contribution in [1.29, 1.82) is 0 Å². The van der Waals surface area contributed by atoms with Crippen molar-refractivity contribution in [2.75, 3.05) is 45.7 Å². The molecule has 3 aromatic rings. The molecule has 1 aromatic carbocycles. The molecule has 2 aromatic heterocycles. The number of carbonyl (C=O) groups excluding carboxylic acids is 2. The van der Waals surface area contributed by atoms with Gasteiger partial charge in [-0.1, -0.05) is 11.6 Å². The summed E-state index contributed by atoms with van der Waals surface area (Å²) >= 11 is 6.26. The largest absolute Gasteiger partial charge is 0.480 e. The van der Waals surface area contributed by atoms with Crippen LogP contribution in [0.5, 0.6) is 5.75 Å². The summed E-state index contributed by atoms with van der Waals surface area (Å²) in [5.41, 5.74) is 1.88. The van der Waals surface area contributed by atoms with E-state index in [0.29, 0.717) is 41.0 Å². The summed E-state index contributed by atoms with van der Waals surface area (Å²) in [6.07, 6.45) is 3.86. The molecule has 212 valence electrons. The molecule has 0 saturated heterocycles. The molecular weight excluding hydrogens is 524 g/mol. The van der Waals surface area contributed by atoms with Crippen LogP contribution in [0.25, 0.3) is 11.0 Å². The van der Waals surface area contributed by atoms with E-state index in [0.717, 1.165) is 23.9 Å². The van der Waals surface area contributed by atoms with E-state index in [4.69, 9.17) is 25.8 Å². The highest BCUT2D eigenvalue weighted by atomic mass is 35.5. The SMILES string of the molecule is CCOC(=O)COc1cc(Nc2ncnc3[nH]cc(CN(C)CCCN(C)C(=O)OC(C)(C)C)c23)ccc1Cl. The van der Waals surface area contributed by atoms with Crippen LogP contribution in [0, 0.1) is 0 Å². The number of hydrogen-bond donors (Lipinski definition) is 2. The molecule has 0 spiro atoms. The summed E-state index contributed by atoms with van der Waals surface area (Å²) in [5, 5.41) is 4.55. The third kappa shape index (κ3) is 9.00. The summed E-state index contributed by atoms with van der Waals surface area (Å²) in [4.78, 5) is 39.7. The molecular formula is C27H37ClN6O5. The minimum atomic E-state index is -0.519. The monoisotopic (exact) mass is 560 g/mol. The highest BCUT2D eigenvalue weighted by molar-refractivity contribution is 6.32. The molecule has 0 atom stereocenters. The molecule has 1 amide bonds. The molecule has 0 radical (unpaired) electrons. The van der Waals surface area contributed by atoms with Crippen molar-refractivity contribution >= 4 is 46.2 Å². The Labute approximate surface area is 233 Å². The maximum Gasteiger partial charge on any atom is 0.410 e. The van der Waals surface area contributed by atoms with Gasteiger partial charge in [0.25, 0.3) is 0 Å². The molecule has 0 aliphatic rings. The number of ether oxygens (including phenoxy) is 3. The first-order valence-corrected chi connectivity index (χ1v) is 13.1. The van der Waals surface area contributed by atoms with E-state index in [9.17, 15) is 9.59 Å². The van der Waals surface area contributed by atoms with E-state index in [2.05, 4.69) is 25.2 Å². The van der Waals surface area contributed by atoms with Gasteiger partial charge in [-0.2, -0.15) is 0 Å². The van der Waals surface area contributed by atoms with Gasteiger partial charge in [-0.15, -0.1) is 0 Å². The van der Waals surface area contributed by atoms with E-state index in [1.165, 1.54) is 6.33 Å². The van der Waals surface area contributed by atoms with Crippen molar-refractivity contribution in [2.24, 2.45) is 0 Å². The first-order valence-electron chi connectivity index (χ1n) is 12.8. The van der Waals surface area contributed by atoms with E-state index in [-0.39, 0.29) is 19.3 Å². The summed E-state index contributed by atoms with van der Waals surface area (Å²) in [7, 11) is 3.77. The van der Waals surface area contributed by atoms with Crippen molar-refractivity contribution in [3.8, 4) is 5.75 Å². The maximum atomic E-state index is 12.2. The number of hydrogen-bond acceptors (Lipinski definition) is 9. The smallest absolute Gasteiger partial charge is 0.410 e. The van der Waals surface area contributed by atoms with E-state index in [1.807, 2.05) is 34.0 Å². The number of halogens is 1. The predicted octanol–water partition coefficient (Wildman–Crippen LogP) is 4.99. The van der Waals surface area contributed by atoms with Gasteiger partial charge < -0.3 is 34.3 Å². The minimum absolute atomic E-state index is 0.239. The number of fused-ring (bicyclic) bond motifs is 1. The Morgan fingerprint density at radius 2 is 1.92 bits per heavy atom. The number of amides is 1. The zero-order valence-electron chi connectivity index (χ0n) is 23.3. The lowest BCUT2D eigenvalue weighted by atomic mass is 10.2. The molecule has 0 unspecified atom stereocenters. The van der Waals surface area contributed by atoms with Crippen LogP contribution in [0.4, 0.5) is 16.3 Å². The van der Waals surface area contributed by atoms with Crippen LogP contribution in [0.2, 0.25) is 5.02 Å². The Morgan fingerprint density at radius 3 is 2.64 bits per heavy atom. The van der Waals surface area contributed by atoms with Gasteiger partial charge in [-0.25, -0.2) is 19.6 Å². The topological polar surface area (TPSA) is 122 Å². The number of anilines is 2. The molecule has 0 saturated carbocycles. The second kappa shape index (κ2) is 13.5. The lowest BCUT2D eigenvalue weighted by molar-refractivity contribution is -0.145. The van der Waals surface area contributed by atoms with Gasteiger partial charge in [0.05, 0.1) is 17.0 Å². The van der Waals surface area contributed by atoms with Crippen molar-refractivity contribution in [1.82, 2.24) is 24.8 Å². The molecule has 3 rings (SSSR count). The molecule has 0 bridgehead atoms. The van der Waals surface area contributed by atoms with Gasteiger partial charge in [0, 0.05) is 38.1 Å². The molecule has 12 heteroatoms. The van der Waals surface area contributed by atoms with Crippen molar-refractivity contribution in [3.05, 3.63) is 41.3 Å². The van der Waals surface area contributed by atoms with Gasteiger partial charge in [-0.05, 0) is 65.4 Å². The van der Waals surface area contributed by atoms with Crippen molar-refractivity contribution in [2.45, 2.75) is 46.3 Å². The van der Waals surface area contributed by atoms with Gasteiger partial charge in [0.2, 0.25) is 0 Å². The zero-order valence-corrected chi connectivity index (χ0v) is 24.1. The molecule has 0 aliphatic carbocycles. The van der Waals surface area contributed by atoms with Gasteiger partial charge in [-0.3, -0.25) is 0 Å². The Bertz CT molecular complexity index is 1280. The van der Waals surface area contributed by atoms with Gasteiger partial charge in [0.15, 0.2) is 6.61 Å². The first-order chi connectivity index (χ1) is 18.5. The molecule has 2 N–H and O–H groups in total. The lowest BCUT2D eigenvalue weighted by Gasteiger charge is -2.25. The number of carbonyl (C=O) groups is 2. The number of benzene rings is 1. The summed E-state index contributed by atoms with van der Waals surface area (Å²) in [6, 6.07) is 5.19. The second-order valence-corrected chi connectivity index (χ2v) is 10.5. The fraction of sp³-hybridized carbons (Fsp3) is 0.481. The van der Waals surface area contributed by atoms with Crippen LogP contribution < -0.4 is 10.1 Å². The Balaban J connectivity index is 1.65. The lowest BCUT2D eigenvalue weighted by Crippen LogP contribution is -2.35. The highest BCUT2D eigenvalue weighted by Gasteiger charge is 2.19. The first kappa shape index (κ1) is 30.0. The van der Waals surface area contributed by atoms with Crippen LogP contribution in [0.3, 0.4) is 0 Å².